The fourth-order valence-corrected chi connectivity index (χ4v) is 17.3. The summed E-state index contributed by atoms with van der Waals surface area (Å²) in [5, 5.41) is 0. The van der Waals surface area contributed by atoms with Crippen LogP contribution in [-0.2, 0) is 3.10 Å². The number of halogens is 1. The Balaban J connectivity index is 2.38. The molecule has 25 heavy (non-hydrogen) atoms. The second-order valence-electron chi connectivity index (χ2n) is 9.00. The van der Waals surface area contributed by atoms with E-state index in [9.17, 15) is 0 Å². The van der Waals surface area contributed by atoms with Crippen molar-refractivity contribution in [2.75, 3.05) is 0 Å². The van der Waals surface area contributed by atoms with Crippen molar-refractivity contribution < 1.29 is 3.10 Å². The summed E-state index contributed by atoms with van der Waals surface area (Å²) in [4.78, 5) is 0. The van der Waals surface area contributed by atoms with Gasteiger partial charge in [0.05, 0.1) is 0 Å². The van der Waals surface area contributed by atoms with Gasteiger partial charge in [-0.1, -0.05) is 0 Å². The standard InChI is InChI=1S/C21H33BrOSiTe/c1-16(2)14-25(15-17(3)4)20(12-13-24(5,6)7)21(23-25)18-8-10-19(22)11-9-18/h8-11,16-17,20-21H,14-15H2,1-7H3/t20-,21+/m1/s1. The molecule has 0 saturated carbocycles. The van der Waals surface area contributed by atoms with E-state index in [1.165, 1.54) is 14.5 Å². The average molecular weight is 537 g/mol. The van der Waals surface area contributed by atoms with Gasteiger partial charge in [-0.3, -0.25) is 0 Å². The molecule has 2 atom stereocenters. The van der Waals surface area contributed by atoms with Gasteiger partial charge in [-0.15, -0.1) is 0 Å². The van der Waals surface area contributed by atoms with E-state index >= 15 is 0 Å². The molecule has 1 aromatic carbocycles. The first kappa shape index (κ1) is 21.5. The van der Waals surface area contributed by atoms with Crippen molar-refractivity contribution >= 4 is 42.6 Å². The van der Waals surface area contributed by atoms with Crippen molar-refractivity contribution in [3.63, 3.8) is 0 Å². The molecule has 0 N–H and O–H groups in total. The zero-order valence-electron chi connectivity index (χ0n) is 16.7. The van der Waals surface area contributed by atoms with Gasteiger partial charge in [0.2, 0.25) is 0 Å². The van der Waals surface area contributed by atoms with Crippen molar-refractivity contribution in [1.29, 1.82) is 0 Å². The molecule has 0 bridgehead atoms. The molecule has 1 aliphatic heterocycles. The van der Waals surface area contributed by atoms with Crippen LogP contribution in [0.4, 0.5) is 0 Å². The molecule has 0 amide bonds. The average Bonchev–Trinajstić information content (AvgIpc) is 2.43. The predicted molar refractivity (Wildman–Crippen MR) is 118 cm³/mol. The predicted octanol–water partition coefficient (Wildman–Crippen LogP) is 7.03. The van der Waals surface area contributed by atoms with Gasteiger partial charge >= 0.3 is 170 Å². The van der Waals surface area contributed by atoms with E-state index in [1.807, 2.05) is 0 Å². The third kappa shape index (κ3) is 5.85. The van der Waals surface area contributed by atoms with Gasteiger partial charge in [0.25, 0.3) is 0 Å². The zero-order valence-corrected chi connectivity index (χ0v) is 21.6. The maximum absolute atomic E-state index is 6.84. The maximum atomic E-state index is 6.84. The second-order valence-corrected chi connectivity index (χ2v) is 23.5. The van der Waals surface area contributed by atoms with Gasteiger partial charge in [0.1, 0.15) is 0 Å². The Bertz CT molecular complexity index is 627. The molecular weight excluding hydrogens is 504 g/mol. The summed E-state index contributed by atoms with van der Waals surface area (Å²) in [5.41, 5.74) is 4.98. The summed E-state index contributed by atoms with van der Waals surface area (Å²) in [5.74, 6) is 5.18. The minimum atomic E-state index is -2.46. The van der Waals surface area contributed by atoms with Gasteiger partial charge in [0, 0.05) is 0 Å². The van der Waals surface area contributed by atoms with Crippen LogP contribution in [0, 0.1) is 23.3 Å². The Kier molecular flexibility index (Phi) is 7.31. The fourth-order valence-electron chi connectivity index (χ4n) is 3.32. The van der Waals surface area contributed by atoms with Crippen LogP contribution in [0.2, 0.25) is 32.5 Å². The van der Waals surface area contributed by atoms with Crippen LogP contribution >= 0.6 is 15.9 Å². The van der Waals surface area contributed by atoms with E-state index in [-0.39, 0.29) is 6.10 Å². The molecule has 0 unspecified atom stereocenters. The van der Waals surface area contributed by atoms with Crippen LogP contribution in [0.3, 0.4) is 0 Å². The van der Waals surface area contributed by atoms with E-state index in [4.69, 9.17) is 3.10 Å². The van der Waals surface area contributed by atoms with Crippen LogP contribution in [0.15, 0.2) is 28.7 Å². The zero-order chi connectivity index (χ0) is 18.8. The molecular formula is C21H33BrOSiTe. The first-order chi connectivity index (χ1) is 11.5. The van der Waals surface area contributed by atoms with Gasteiger partial charge in [-0.05, 0) is 0 Å². The molecule has 0 aliphatic carbocycles. The summed E-state index contributed by atoms with van der Waals surface area (Å²) in [7, 11) is -1.38. The molecule has 4 heteroatoms. The minimum absolute atomic E-state index is 0.190. The number of hydrogen-bond acceptors (Lipinski definition) is 1. The molecule has 0 spiro atoms. The van der Waals surface area contributed by atoms with Crippen LogP contribution in [0.5, 0.6) is 0 Å². The van der Waals surface area contributed by atoms with E-state index in [1.54, 1.807) is 0 Å². The van der Waals surface area contributed by atoms with Crippen LogP contribution < -0.4 is 0 Å². The first-order valence-corrected chi connectivity index (χ1v) is 19.1. The Labute approximate surface area is 168 Å². The van der Waals surface area contributed by atoms with Crippen molar-refractivity contribution in [1.82, 2.24) is 0 Å². The van der Waals surface area contributed by atoms with E-state index in [2.05, 4.69) is 99.0 Å². The molecule has 1 aliphatic rings. The molecule has 2 rings (SSSR count). The molecule has 1 nitrogen and oxygen atoms in total. The Morgan fingerprint density at radius 2 is 1.56 bits per heavy atom. The third-order valence-corrected chi connectivity index (χ3v) is 17.9. The summed E-state index contributed by atoms with van der Waals surface area (Å²) >= 11 is 1.09. The van der Waals surface area contributed by atoms with Crippen LogP contribution in [-0.4, -0.2) is 26.7 Å². The molecule has 0 aromatic heterocycles. The Hall–Kier alpha value is 0.226. The van der Waals surface area contributed by atoms with Gasteiger partial charge in [-0.25, -0.2) is 0 Å². The summed E-state index contributed by atoms with van der Waals surface area (Å²) < 4.78 is 11.0. The number of benzene rings is 1. The van der Waals surface area contributed by atoms with Crippen LogP contribution in [0.1, 0.15) is 39.4 Å². The molecule has 1 saturated heterocycles. The van der Waals surface area contributed by atoms with Crippen molar-refractivity contribution in [2.24, 2.45) is 11.8 Å². The monoisotopic (exact) mass is 538 g/mol. The molecule has 140 valence electrons. The quantitative estimate of drug-likeness (QED) is 0.290. The van der Waals surface area contributed by atoms with E-state index in [0.29, 0.717) is 15.8 Å². The number of rotatable bonds is 5. The summed E-state index contributed by atoms with van der Waals surface area (Å²) in [6, 6.07) is 8.66. The third-order valence-electron chi connectivity index (χ3n) is 4.05. The van der Waals surface area contributed by atoms with E-state index < -0.39 is 26.7 Å². The van der Waals surface area contributed by atoms with E-state index in [0.717, 1.165) is 4.47 Å². The SMILES string of the molecule is CC(C)C[Te]1(CC(C)C)O[C@@H](c2ccc(Br)cc2)[C@H]1C#C[Si](C)(C)C. The van der Waals surface area contributed by atoms with Gasteiger partial charge < -0.3 is 0 Å². The van der Waals surface area contributed by atoms with Crippen molar-refractivity contribution in [3.8, 4) is 11.5 Å². The Morgan fingerprint density at radius 1 is 1.04 bits per heavy atom. The van der Waals surface area contributed by atoms with Gasteiger partial charge in [0.15, 0.2) is 0 Å². The molecule has 0 radical (unpaired) electrons. The molecule has 1 aromatic rings. The first-order valence-electron chi connectivity index (χ1n) is 9.26. The molecule has 1 heterocycles. The number of hydrogen-bond donors (Lipinski definition) is 0. The topological polar surface area (TPSA) is 9.23 Å². The summed E-state index contributed by atoms with van der Waals surface area (Å²) in [6.07, 6.45) is 0.190. The van der Waals surface area contributed by atoms with Crippen molar-refractivity contribution in [2.45, 2.75) is 66.3 Å². The fraction of sp³-hybridized carbons (Fsp3) is 0.619. The second kappa shape index (κ2) is 8.49. The molecule has 1 fully saturated rings. The Morgan fingerprint density at radius 3 is 2.00 bits per heavy atom. The van der Waals surface area contributed by atoms with Crippen LogP contribution in [0.25, 0.3) is 0 Å². The summed E-state index contributed by atoms with van der Waals surface area (Å²) in [6.45, 7) is 16.4. The van der Waals surface area contributed by atoms with Gasteiger partial charge in [-0.2, -0.15) is 0 Å². The van der Waals surface area contributed by atoms with Crippen molar-refractivity contribution in [3.05, 3.63) is 34.3 Å². The normalized spacial score (nSPS) is 23.8.